The van der Waals surface area contributed by atoms with Crippen LogP contribution in [0.3, 0.4) is 0 Å². The molecule has 0 saturated carbocycles. The Morgan fingerprint density at radius 2 is 1.94 bits per heavy atom. The SMILES string of the molecule is O=C(CSc1nc2ccccc2c(=O)n1Cc1ccco1)Nc1cccc2nsnc12. The number of carbonyl (C=O) groups excluding carboxylic acids is 1. The van der Waals surface area contributed by atoms with Crippen LogP contribution in [0.2, 0.25) is 0 Å². The van der Waals surface area contributed by atoms with E-state index in [0.717, 1.165) is 17.2 Å². The second-order valence-corrected chi connectivity index (χ2v) is 8.13. The molecular weight excluding hydrogens is 434 g/mol. The number of benzene rings is 2. The van der Waals surface area contributed by atoms with Crippen LogP contribution in [-0.4, -0.2) is 30.0 Å². The minimum atomic E-state index is -0.225. The van der Waals surface area contributed by atoms with E-state index in [1.807, 2.05) is 18.2 Å². The van der Waals surface area contributed by atoms with Crippen LogP contribution >= 0.6 is 23.5 Å². The molecule has 0 saturated heterocycles. The summed E-state index contributed by atoms with van der Waals surface area (Å²) in [5.74, 6) is 0.488. The lowest BCUT2D eigenvalue weighted by Crippen LogP contribution is -2.24. The van der Waals surface area contributed by atoms with Crippen molar-refractivity contribution in [3.63, 3.8) is 0 Å². The lowest BCUT2D eigenvalue weighted by molar-refractivity contribution is -0.113. The molecule has 5 aromatic rings. The summed E-state index contributed by atoms with van der Waals surface area (Å²) < 4.78 is 15.4. The van der Waals surface area contributed by atoms with Gasteiger partial charge in [-0.15, -0.1) is 0 Å². The number of nitrogens with one attached hydrogen (secondary N) is 1. The van der Waals surface area contributed by atoms with Crippen molar-refractivity contribution < 1.29 is 9.21 Å². The van der Waals surface area contributed by atoms with E-state index in [1.165, 1.54) is 16.3 Å². The van der Waals surface area contributed by atoms with E-state index in [2.05, 4.69) is 19.0 Å². The Hall–Kier alpha value is -3.50. The fraction of sp³-hybridized carbons (Fsp3) is 0.0952. The highest BCUT2D eigenvalue weighted by Crippen LogP contribution is 2.23. The van der Waals surface area contributed by atoms with Crippen LogP contribution in [0.15, 0.2) is 75.2 Å². The average molecular weight is 450 g/mol. The van der Waals surface area contributed by atoms with Gasteiger partial charge in [-0.2, -0.15) is 8.75 Å². The summed E-state index contributed by atoms with van der Waals surface area (Å²) in [6.45, 7) is 0.234. The number of thioether (sulfide) groups is 1. The standard InChI is InChI=1S/C21H15N5O3S2/c27-18(22-16-8-3-9-17-19(16)25-31-24-17)12-30-21-23-15-7-2-1-6-14(15)20(28)26(21)11-13-5-4-10-29-13/h1-10H,11-12H2,(H,22,27). The summed E-state index contributed by atoms with van der Waals surface area (Å²) in [7, 11) is 0. The predicted molar refractivity (Wildman–Crippen MR) is 121 cm³/mol. The third-order valence-corrected chi connectivity index (χ3v) is 6.13. The van der Waals surface area contributed by atoms with Gasteiger partial charge in [0.2, 0.25) is 5.91 Å². The molecule has 31 heavy (non-hydrogen) atoms. The molecule has 0 radical (unpaired) electrons. The van der Waals surface area contributed by atoms with E-state index >= 15 is 0 Å². The molecule has 154 valence electrons. The van der Waals surface area contributed by atoms with Gasteiger partial charge >= 0.3 is 0 Å². The van der Waals surface area contributed by atoms with Gasteiger partial charge in [-0.3, -0.25) is 14.2 Å². The molecule has 0 aliphatic heterocycles. The van der Waals surface area contributed by atoms with Crippen molar-refractivity contribution in [1.82, 2.24) is 18.3 Å². The second kappa shape index (κ2) is 8.32. The van der Waals surface area contributed by atoms with Gasteiger partial charge in [-0.25, -0.2) is 4.98 Å². The number of aromatic nitrogens is 4. The molecule has 0 atom stereocenters. The van der Waals surface area contributed by atoms with E-state index in [9.17, 15) is 9.59 Å². The Balaban J connectivity index is 1.42. The quantitative estimate of drug-likeness (QED) is 0.311. The number of furan rings is 1. The normalized spacial score (nSPS) is 11.2. The average Bonchev–Trinajstić information content (AvgIpc) is 3.47. The molecule has 1 amide bonds. The van der Waals surface area contributed by atoms with Crippen LogP contribution in [0.1, 0.15) is 5.76 Å². The maximum atomic E-state index is 13.1. The zero-order chi connectivity index (χ0) is 21.2. The Morgan fingerprint density at radius 1 is 1.06 bits per heavy atom. The molecule has 0 bridgehead atoms. The van der Waals surface area contributed by atoms with E-state index in [4.69, 9.17) is 4.42 Å². The first-order valence-electron chi connectivity index (χ1n) is 9.35. The topological polar surface area (TPSA) is 103 Å². The molecule has 0 aliphatic carbocycles. The second-order valence-electron chi connectivity index (χ2n) is 6.66. The highest BCUT2D eigenvalue weighted by molar-refractivity contribution is 7.99. The fourth-order valence-electron chi connectivity index (χ4n) is 3.18. The molecule has 5 rings (SSSR count). The molecule has 3 heterocycles. The molecule has 8 nitrogen and oxygen atoms in total. The summed E-state index contributed by atoms with van der Waals surface area (Å²) in [4.78, 5) is 30.3. The fourth-order valence-corrected chi connectivity index (χ4v) is 4.53. The van der Waals surface area contributed by atoms with Gasteiger partial charge in [-0.1, -0.05) is 30.0 Å². The van der Waals surface area contributed by atoms with Crippen molar-refractivity contribution in [1.29, 1.82) is 0 Å². The van der Waals surface area contributed by atoms with E-state index in [-0.39, 0.29) is 23.8 Å². The Labute approximate surface area is 184 Å². The third kappa shape index (κ3) is 3.94. The molecule has 1 N–H and O–H groups in total. The van der Waals surface area contributed by atoms with Crippen LogP contribution in [0.5, 0.6) is 0 Å². The van der Waals surface area contributed by atoms with Gasteiger partial charge in [0.25, 0.3) is 5.56 Å². The number of fused-ring (bicyclic) bond motifs is 2. The highest BCUT2D eigenvalue weighted by Gasteiger charge is 2.15. The number of carbonyl (C=O) groups is 1. The third-order valence-electron chi connectivity index (χ3n) is 4.61. The van der Waals surface area contributed by atoms with Gasteiger partial charge in [-0.05, 0) is 36.4 Å². The van der Waals surface area contributed by atoms with Crippen molar-refractivity contribution in [2.45, 2.75) is 11.7 Å². The monoisotopic (exact) mass is 449 g/mol. The Morgan fingerprint density at radius 3 is 2.81 bits per heavy atom. The maximum Gasteiger partial charge on any atom is 0.262 e. The van der Waals surface area contributed by atoms with Gasteiger partial charge in [0.1, 0.15) is 16.8 Å². The van der Waals surface area contributed by atoms with Crippen molar-refractivity contribution >= 4 is 57.0 Å². The lowest BCUT2D eigenvalue weighted by Gasteiger charge is -2.12. The largest absolute Gasteiger partial charge is 0.467 e. The van der Waals surface area contributed by atoms with Crippen LogP contribution in [0.4, 0.5) is 5.69 Å². The highest BCUT2D eigenvalue weighted by atomic mass is 32.2. The number of anilines is 1. The molecule has 0 spiro atoms. The number of hydrogen-bond acceptors (Lipinski definition) is 8. The molecular formula is C21H15N5O3S2. The molecule has 0 fully saturated rings. The summed E-state index contributed by atoms with van der Waals surface area (Å²) in [5, 5.41) is 3.84. The molecule has 0 unspecified atom stereocenters. The summed E-state index contributed by atoms with van der Waals surface area (Å²) >= 11 is 2.29. The minimum absolute atomic E-state index is 0.0802. The van der Waals surface area contributed by atoms with Crippen molar-refractivity contribution in [3.05, 3.63) is 77.0 Å². The van der Waals surface area contributed by atoms with Crippen molar-refractivity contribution in [2.75, 3.05) is 11.1 Å². The first kappa shape index (κ1) is 19.5. The van der Waals surface area contributed by atoms with Gasteiger partial charge in [0, 0.05) is 0 Å². The number of nitrogens with zero attached hydrogens (tertiary/aromatic N) is 4. The van der Waals surface area contributed by atoms with E-state index < -0.39 is 0 Å². The summed E-state index contributed by atoms with van der Waals surface area (Å²) in [6, 6.07) is 16.2. The van der Waals surface area contributed by atoms with Gasteiger partial charge < -0.3 is 9.73 Å². The Bertz CT molecular complexity index is 1440. The van der Waals surface area contributed by atoms with Crippen LogP contribution < -0.4 is 10.9 Å². The zero-order valence-electron chi connectivity index (χ0n) is 16.0. The molecule has 3 aromatic heterocycles. The van der Waals surface area contributed by atoms with Crippen LogP contribution in [-0.2, 0) is 11.3 Å². The number of para-hydroxylation sites is 1. The predicted octanol–water partition coefficient (Wildman–Crippen LogP) is 3.77. The van der Waals surface area contributed by atoms with Crippen molar-refractivity contribution in [3.8, 4) is 0 Å². The number of hydrogen-bond donors (Lipinski definition) is 1. The van der Waals surface area contributed by atoms with E-state index in [0.29, 0.717) is 33.0 Å². The van der Waals surface area contributed by atoms with Gasteiger partial charge in [0.15, 0.2) is 5.16 Å². The molecule has 0 aliphatic rings. The van der Waals surface area contributed by atoms with Crippen molar-refractivity contribution in [2.24, 2.45) is 0 Å². The van der Waals surface area contributed by atoms with Crippen LogP contribution in [0.25, 0.3) is 21.9 Å². The summed E-state index contributed by atoms with van der Waals surface area (Å²) in [6.07, 6.45) is 1.56. The number of amides is 1. The minimum Gasteiger partial charge on any atom is -0.467 e. The van der Waals surface area contributed by atoms with E-state index in [1.54, 1.807) is 42.7 Å². The van der Waals surface area contributed by atoms with Gasteiger partial charge in [0.05, 0.1) is 46.9 Å². The first-order chi connectivity index (χ1) is 15.2. The zero-order valence-corrected chi connectivity index (χ0v) is 17.7. The maximum absolute atomic E-state index is 13.1. The lowest BCUT2D eigenvalue weighted by atomic mass is 10.2. The number of rotatable bonds is 6. The molecule has 2 aromatic carbocycles. The van der Waals surface area contributed by atoms with Crippen LogP contribution in [0, 0.1) is 0 Å². The smallest absolute Gasteiger partial charge is 0.262 e. The Kier molecular flexibility index (Phi) is 5.23. The molecule has 10 heteroatoms. The summed E-state index contributed by atoms with van der Waals surface area (Å²) in [5.41, 5.74) is 2.41. The first-order valence-corrected chi connectivity index (χ1v) is 11.1.